The third-order valence-corrected chi connectivity index (χ3v) is 6.17. The molecular weight excluding hydrogens is 447 g/mol. The first-order chi connectivity index (χ1) is 15.7. The molecular formula is C21H19F5N6O. The number of amides is 1. The summed E-state index contributed by atoms with van der Waals surface area (Å²) in [6.45, 7) is 1.19. The van der Waals surface area contributed by atoms with E-state index in [0.29, 0.717) is 61.2 Å². The predicted octanol–water partition coefficient (Wildman–Crippen LogP) is 3.62. The highest BCUT2D eigenvalue weighted by Gasteiger charge is 2.38. The van der Waals surface area contributed by atoms with Gasteiger partial charge in [0.25, 0.3) is 5.82 Å². The number of aromatic nitrogens is 4. The molecule has 0 unspecified atom stereocenters. The summed E-state index contributed by atoms with van der Waals surface area (Å²) in [5, 5.41) is 10.7. The van der Waals surface area contributed by atoms with E-state index in [1.807, 2.05) is 0 Å². The SMILES string of the molecule is O=C(C1CCN(c2ccc3nnc(C(F)(F)F)n3n2)CC1)N1CCCc2c(F)cc(F)cc21. The Morgan fingerprint density at radius 1 is 1.03 bits per heavy atom. The van der Waals surface area contributed by atoms with Gasteiger partial charge in [-0.2, -0.15) is 17.7 Å². The van der Waals surface area contributed by atoms with Gasteiger partial charge in [0.2, 0.25) is 5.91 Å². The van der Waals surface area contributed by atoms with E-state index in [4.69, 9.17) is 0 Å². The molecule has 0 N–H and O–H groups in total. The Labute approximate surface area is 184 Å². The van der Waals surface area contributed by atoms with Crippen molar-refractivity contribution in [1.82, 2.24) is 19.8 Å². The van der Waals surface area contributed by atoms with Crippen LogP contribution in [0.1, 0.15) is 30.7 Å². The summed E-state index contributed by atoms with van der Waals surface area (Å²) in [6, 6.07) is 5.00. The first-order valence-electron chi connectivity index (χ1n) is 10.6. The number of piperidine rings is 1. The van der Waals surface area contributed by atoms with Gasteiger partial charge in [-0.3, -0.25) is 4.79 Å². The number of anilines is 2. The van der Waals surface area contributed by atoms with E-state index in [2.05, 4.69) is 15.3 Å². The Morgan fingerprint density at radius 2 is 1.79 bits per heavy atom. The van der Waals surface area contributed by atoms with E-state index >= 15 is 0 Å². The van der Waals surface area contributed by atoms with Crippen LogP contribution in [-0.2, 0) is 17.4 Å². The van der Waals surface area contributed by atoms with E-state index in [-0.39, 0.29) is 23.2 Å². The molecule has 1 aromatic carbocycles. The van der Waals surface area contributed by atoms with Crippen LogP contribution in [0.2, 0.25) is 0 Å². The van der Waals surface area contributed by atoms with Crippen molar-refractivity contribution in [3.8, 4) is 0 Å². The zero-order chi connectivity index (χ0) is 23.3. The molecule has 1 saturated heterocycles. The number of hydrogen-bond acceptors (Lipinski definition) is 5. The molecule has 2 aliphatic heterocycles. The average Bonchev–Trinajstić information content (AvgIpc) is 3.22. The molecule has 2 aliphatic rings. The number of fused-ring (bicyclic) bond motifs is 2. The Bertz CT molecular complexity index is 1220. The maximum absolute atomic E-state index is 14.2. The summed E-state index contributed by atoms with van der Waals surface area (Å²) in [4.78, 5) is 16.4. The summed E-state index contributed by atoms with van der Waals surface area (Å²) in [7, 11) is 0. The van der Waals surface area contributed by atoms with Crippen molar-refractivity contribution >= 4 is 23.1 Å². The third kappa shape index (κ3) is 3.87. The summed E-state index contributed by atoms with van der Waals surface area (Å²) in [5.74, 6) is -2.80. The number of carbonyl (C=O) groups excluding carboxylic acids is 1. The molecule has 12 heteroatoms. The normalized spacial score (nSPS) is 17.5. The van der Waals surface area contributed by atoms with Crippen LogP contribution in [-0.4, -0.2) is 45.4 Å². The third-order valence-electron chi connectivity index (χ3n) is 6.17. The lowest BCUT2D eigenvalue weighted by molar-refractivity contribution is -0.146. The molecule has 0 saturated carbocycles. The Morgan fingerprint density at radius 3 is 2.52 bits per heavy atom. The molecule has 4 heterocycles. The molecule has 0 spiro atoms. The van der Waals surface area contributed by atoms with Crippen molar-refractivity contribution in [2.75, 3.05) is 29.4 Å². The summed E-state index contributed by atoms with van der Waals surface area (Å²) >= 11 is 0. The van der Waals surface area contributed by atoms with Crippen LogP contribution < -0.4 is 9.80 Å². The number of nitrogens with zero attached hydrogens (tertiary/aromatic N) is 6. The van der Waals surface area contributed by atoms with Crippen LogP contribution in [0, 0.1) is 17.6 Å². The number of rotatable bonds is 2. The first-order valence-corrected chi connectivity index (χ1v) is 10.6. The molecule has 3 aromatic rings. The molecule has 5 rings (SSSR count). The van der Waals surface area contributed by atoms with E-state index < -0.39 is 23.6 Å². The second kappa shape index (κ2) is 7.92. The zero-order valence-corrected chi connectivity index (χ0v) is 17.3. The number of carbonyl (C=O) groups is 1. The maximum atomic E-state index is 14.2. The van der Waals surface area contributed by atoms with Gasteiger partial charge in [-0.1, -0.05) is 0 Å². The van der Waals surface area contributed by atoms with E-state index in [1.165, 1.54) is 17.0 Å². The topological polar surface area (TPSA) is 66.6 Å². The van der Waals surface area contributed by atoms with Crippen molar-refractivity contribution in [3.63, 3.8) is 0 Å². The van der Waals surface area contributed by atoms with Gasteiger partial charge >= 0.3 is 6.18 Å². The molecule has 0 atom stereocenters. The van der Waals surface area contributed by atoms with Gasteiger partial charge < -0.3 is 9.80 Å². The van der Waals surface area contributed by atoms with Gasteiger partial charge in [0.05, 0.1) is 5.69 Å². The fourth-order valence-corrected chi connectivity index (χ4v) is 4.54. The fourth-order valence-electron chi connectivity index (χ4n) is 4.54. The van der Waals surface area contributed by atoms with Crippen molar-refractivity contribution in [2.24, 2.45) is 5.92 Å². The number of halogens is 5. The molecule has 7 nitrogen and oxygen atoms in total. The lowest BCUT2D eigenvalue weighted by Gasteiger charge is -2.36. The monoisotopic (exact) mass is 466 g/mol. The zero-order valence-electron chi connectivity index (χ0n) is 17.3. The molecule has 33 heavy (non-hydrogen) atoms. The van der Waals surface area contributed by atoms with Gasteiger partial charge in [-0.05, 0) is 43.9 Å². The largest absolute Gasteiger partial charge is 0.453 e. The van der Waals surface area contributed by atoms with Crippen molar-refractivity contribution < 1.29 is 26.7 Å². The lowest BCUT2D eigenvalue weighted by atomic mass is 9.93. The summed E-state index contributed by atoms with van der Waals surface area (Å²) < 4.78 is 68.0. The molecule has 0 aliphatic carbocycles. The number of hydrogen-bond donors (Lipinski definition) is 0. The molecule has 174 valence electrons. The Hall–Kier alpha value is -3.31. The summed E-state index contributed by atoms with van der Waals surface area (Å²) in [5.41, 5.74) is 0.616. The fraction of sp³-hybridized carbons (Fsp3) is 0.429. The van der Waals surface area contributed by atoms with Crippen LogP contribution in [0.15, 0.2) is 24.3 Å². The second-order valence-electron chi connectivity index (χ2n) is 8.22. The van der Waals surface area contributed by atoms with Crippen molar-refractivity contribution in [3.05, 3.63) is 47.3 Å². The summed E-state index contributed by atoms with van der Waals surface area (Å²) in [6.07, 6.45) is -2.77. The molecule has 2 aromatic heterocycles. The van der Waals surface area contributed by atoms with E-state index in [0.717, 1.165) is 6.07 Å². The van der Waals surface area contributed by atoms with E-state index in [1.54, 1.807) is 11.0 Å². The minimum Gasteiger partial charge on any atom is -0.355 e. The van der Waals surface area contributed by atoms with E-state index in [9.17, 15) is 26.7 Å². The van der Waals surface area contributed by atoms with Gasteiger partial charge in [-0.15, -0.1) is 15.3 Å². The average molecular weight is 466 g/mol. The standard InChI is InChI=1S/C21H19F5N6O/c22-13-10-15(23)14-2-1-7-31(16(14)11-13)19(33)12-5-8-30(9-6-12)18-4-3-17-27-28-20(21(24,25)26)32(17)29-18/h3-4,10-12H,1-2,5-9H2. The highest BCUT2D eigenvalue weighted by Crippen LogP contribution is 2.34. The van der Waals surface area contributed by atoms with Gasteiger partial charge in [0, 0.05) is 37.2 Å². The smallest absolute Gasteiger partial charge is 0.355 e. The highest BCUT2D eigenvalue weighted by atomic mass is 19.4. The molecule has 1 fully saturated rings. The van der Waals surface area contributed by atoms with Crippen LogP contribution in [0.25, 0.3) is 5.65 Å². The Balaban J connectivity index is 1.32. The molecule has 0 radical (unpaired) electrons. The second-order valence-corrected chi connectivity index (χ2v) is 8.22. The van der Waals surface area contributed by atoms with Crippen LogP contribution in [0.4, 0.5) is 33.5 Å². The van der Waals surface area contributed by atoms with Crippen molar-refractivity contribution in [1.29, 1.82) is 0 Å². The van der Waals surface area contributed by atoms with Gasteiger partial charge in [-0.25, -0.2) is 8.78 Å². The Kier molecular flexibility index (Phi) is 5.17. The number of benzene rings is 1. The highest BCUT2D eigenvalue weighted by molar-refractivity contribution is 5.96. The van der Waals surface area contributed by atoms with Gasteiger partial charge in [0.15, 0.2) is 5.65 Å². The minimum absolute atomic E-state index is 0.0145. The van der Waals surface area contributed by atoms with Crippen LogP contribution in [0.3, 0.4) is 0 Å². The quantitative estimate of drug-likeness (QED) is 0.540. The van der Waals surface area contributed by atoms with Crippen LogP contribution >= 0.6 is 0 Å². The maximum Gasteiger partial charge on any atom is 0.453 e. The van der Waals surface area contributed by atoms with Crippen LogP contribution in [0.5, 0.6) is 0 Å². The first kappa shape index (κ1) is 21.5. The molecule has 1 amide bonds. The predicted molar refractivity (Wildman–Crippen MR) is 108 cm³/mol. The lowest BCUT2D eigenvalue weighted by Crippen LogP contribution is -2.45. The van der Waals surface area contributed by atoms with Crippen molar-refractivity contribution in [2.45, 2.75) is 31.9 Å². The van der Waals surface area contributed by atoms with Gasteiger partial charge in [0.1, 0.15) is 17.5 Å². The number of alkyl halides is 3. The minimum atomic E-state index is -4.69. The molecule has 0 bridgehead atoms.